The van der Waals surface area contributed by atoms with E-state index in [0.717, 1.165) is 54.5 Å². The van der Waals surface area contributed by atoms with Gasteiger partial charge in [-0.15, -0.1) is 0 Å². The van der Waals surface area contributed by atoms with Gasteiger partial charge in [0.15, 0.2) is 0 Å². The van der Waals surface area contributed by atoms with Crippen molar-refractivity contribution in [3.63, 3.8) is 0 Å². The number of benzene rings is 3. The zero-order valence-corrected chi connectivity index (χ0v) is 22.2. The van der Waals surface area contributed by atoms with Crippen molar-refractivity contribution in [3.8, 4) is 5.88 Å². The van der Waals surface area contributed by atoms with Gasteiger partial charge < -0.3 is 20.9 Å². The molecule has 0 saturated carbocycles. The Hall–Kier alpha value is -3.17. The average Bonchev–Trinajstić information content (AvgIpc) is 3.19. The van der Waals surface area contributed by atoms with E-state index in [9.17, 15) is 9.90 Å². The molecule has 0 radical (unpaired) electrons. The predicted octanol–water partition coefficient (Wildman–Crippen LogP) is 5.47. The molecule has 37 heavy (non-hydrogen) atoms. The Bertz CT molecular complexity index is 1380. The molecule has 0 amide bonds. The van der Waals surface area contributed by atoms with E-state index in [4.69, 9.17) is 16.3 Å². The molecular weight excluding hydrogens is 508 g/mol. The minimum absolute atomic E-state index is 0. The maximum atomic E-state index is 13.6. The van der Waals surface area contributed by atoms with Crippen LogP contribution in [0.15, 0.2) is 93.4 Å². The molecule has 1 aromatic heterocycles. The van der Waals surface area contributed by atoms with E-state index < -0.39 is 11.6 Å². The molecule has 194 valence electrons. The van der Waals surface area contributed by atoms with Crippen molar-refractivity contribution in [2.45, 2.75) is 34.8 Å². The van der Waals surface area contributed by atoms with Crippen molar-refractivity contribution >= 4 is 29.1 Å². The van der Waals surface area contributed by atoms with Crippen molar-refractivity contribution in [2.24, 2.45) is 0 Å². The first-order chi connectivity index (χ1) is 17.5. The summed E-state index contributed by atoms with van der Waals surface area (Å²) in [5.41, 5.74) is 2.50. The second kappa shape index (κ2) is 11.9. The summed E-state index contributed by atoms with van der Waals surface area (Å²) < 4.78 is 6.96. The number of methoxy groups -OCH3 is 1. The van der Waals surface area contributed by atoms with Gasteiger partial charge in [0.25, 0.3) is 5.56 Å². The van der Waals surface area contributed by atoms with E-state index in [1.54, 1.807) is 19.2 Å². The van der Waals surface area contributed by atoms with E-state index in [2.05, 4.69) is 22.1 Å². The first kappa shape index (κ1) is 26.9. The standard InChI is InChI=1S/C28H28ClN3O3S.H3N/c1-35-22-14-16-31(17-15-22)21-11-7-10-20(18-21)25(19-8-3-2-4-9-19)32-28(34)26(27(33)30-32)36-24-13-6-5-12-23(24)29;/h2-13,18,22,25,34H,14-17H2,1H3,(H,30,33);1H3/p-1. The summed E-state index contributed by atoms with van der Waals surface area (Å²) in [6.07, 6.45) is 2.24. The molecule has 4 N–H and O–H groups in total. The molecule has 1 unspecified atom stereocenters. The number of H-pyrrole nitrogens is 1. The highest BCUT2D eigenvalue weighted by Crippen LogP contribution is 2.38. The number of halogens is 1. The number of rotatable bonds is 7. The van der Waals surface area contributed by atoms with Gasteiger partial charge >= 0.3 is 0 Å². The minimum atomic E-state index is -0.483. The SMILES string of the molecule is COC1CCN(c2cccc(C(c3ccccc3)n3[nH]c(=O)c(Sc4ccccc4Cl)c3[O-])c2)CC1.N. The van der Waals surface area contributed by atoms with Crippen LogP contribution in [0.4, 0.5) is 5.69 Å². The number of ether oxygens (including phenoxy) is 1. The number of nitrogens with one attached hydrogen (secondary N) is 1. The van der Waals surface area contributed by atoms with Crippen molar-refractivity contribution in [1.29, 1.82) is 0 Å². The van der Waals surface area contributed by atoms with Crippen LogP contribution in [-0.4, -0.2) is 36.1 Å². The fourth-order valence-corrected chi connectivity index (χ4v) is 5.80. The molecule has 7 nitrogen and oxygen atoms in total. The van der Waals surface area contributed by atoms with Gasteiger partial charge in [0.05, 0.1) is 22.1 Å². The normalized spacial score (nSPS) is 14.8. The molecule has 3 aromatic carbocycles. The Morgan fingerprint density at radius 1 is 1.00 bits per heavy atom. The highest BCUT2D eigenvalue weighted by molar-refractivity contribution is 7.99. The van der Waals surface area contributed by atoms with Crippen LogP contribution in [0.3, 0.4) is 0 Å². The largest absolute Gasteiger partial charge is 0.858 e. The molecular formula is C28H30ClN4O3S-. The Balaban J connectivity index is 0.00000320. The maximum Gasteiger partial charge on any atom is 0.277 e. The summed E-state index contributed by atoms with van der Waals surface area (Å²) in [5.74, 6) is -0.370. The fraction of sp³-hybridized carbons (Fsp3) is 0.250. The van der Waals surface area contributed by atoms with Crippen molar-refractivity contribution in [3.05, 3.63) is 105 Å². The highest BCUT2D eigenvalue weighted by atomic mass is 35.5. The number of hydrogen-bond acceptors (Lipinski definition) is 6. The highest BCUT2D eigenvalue weighted by Gasteiger charge is 2.23. The number of anilines is 1. The van der Waals surface area contributed by atoms with E-state index in [-0.39, 0.29) is 16.9 Å². The van der Waals surface area contributed by atoms with Crippen molar-refractivity contribution in [2.75, 3.05) is 25.1 Å². The van der Waals surface area contributed by atoms with Gasteiger partial charge in [0, 0.05) is 36.7 Å². The molecule has 5 rings (SSSR count). The number of aromatic nitrogens is 2. The summed E-state index contributed by atoms with van der Waals surface area (Å²) in [6.45, 7) is 1.81. The van der Waals surface area contributed by atoms with Crippen LogP contribution in [0.25, 0.3) is 0 Å². The molecule has 0 spiro atoms. The lowest BCUT2D eigenvalue weighted by Crippen LogP contribution is -2.36. The molecule has 2 heterocycles. The van der Waals surface area contributed by atoms with Crippen LogP contribution in [0.5, 0.6) is 5.88 Å². The molecule has 1 saturated heterocycles. The molecule has 1 aliphatic heterocycles. The van der Waals surface area contributed by atoms with Crippen LogP contribution in [0.2, 0.25) is 5.02 Å². The topological polar surface area (TPSA) is 108 Å². The monoisotopic (exact) mass is 537 g/mol. The van der Waals surface area contributed by atoms with Gasteiger partial charge in [-0.1, -0.05) is 78.0 Å². The van der Waals surface area contributed by atoms with Crippen molar-refractivity contribution in [1.82, 2.24) is 15.9 Å². The first-order valence-electron chi connectivity index (χ1n) is 11.9. The lowest BCUT2D eigenvalue weighted by atomic mass is 9.97. The summed E-state index contributed by atoms with van der Waals surface area (Å²) in [7, 11) is 1.77. The lowest BCUT2D eigenvalue weighted by molar-refractivity contribution is -0.284. The van der Waals surface area contributed by atoms with Gasteiger partial charge in [-0.25, -0.2) is 0 Å². The molecule has 1 fully saturated rings. The van der Waals surface area contributed by atoms with Gasteiger partial charge in [-0.2, -0.15) is 0 Å². The van der Waals surface area contributed by atoms with Gasteiger partial charge in [0.1, 0.15) is 0 Å². The Kier molecular flexibility index (Phi) is 8.66. The fourth-order valence-electron chi connectivity index (χ4n) is 4.69. The molecule has 9 heteroatoms. The Morgan fingerprint density at radius 2 is 1.68 bits per heavy atom. The van der Waals surface area contributed by atoms with Crippen LogP contribution in [0, 0.1) is 0 Å². The first-order valence-corrected chi connectivity index (χ1v) is 13.1. The quantitative estimate of drug-likeness (QED) is 0.323. The van der Waals surface area contributed by atoms with Gasteiger partial charge in [-0.3, -0.25) is 14.6 Å². The molecule has 4 aromatic rings. The number of nitrogens with zero attached hydrogens (tertiary/aromatic N) is 2. The summed E-state index contributed by atoms with van der Waals surface area (Å²) in [4.78, 5) is 16.1. The molecule has 0 bridgehead atoms. The van der Waals surface area contributed by atoms with Crippen molar-refractivity contribution < 1.29 is 9.84 Å². The van der Waals surface area contributed by atoms with E-state index >= 15 is 0 Å². The summed E-state index contributed by atoms with van der Waals surface area (Å²) in [6, 6.07) is 24.7. The predicted molar refractivity (Wildman–Crippen MR) is 147 cm³/mol. The third-order valence-corrected chi connectivity index (χ3v) is 8.17. The minimum Gasteiger partial charge on any atom is -0.858 e. The Labute approximate surface area is 225 Å². The second-order valence-corrected chi connectivity index (χ2v) is 10.3. The van der Waals surface area contributed by atoms with E-state index in [1.165, 1.54) is 4.68 Å². The number of piperidine rings is 1. The molecule has 1 aliphatic rings. The van der Waals surface area contributed by atoms with Crippen LogP contribution < -0.4 is 21.7 Å². The molecule has 0 aliphatic carbocycles. The third kappa shape index (κ3) is 5.72. The number of aromatic amines is 1. The Morgan fingerprint density at radius 3 is 2.38 bits per heavy atom. The van der Waals surface area contributed by atoms with Gasteiger partial charge in [0.2, 0.25) is 0 Å². The number of hydrogen-bond donors (Lipinski definition) is 2. The van der Waals surface area contributed by atoms with E-state index in [0.29, 0.717) is 16.0 Å². The second-order valence-electron chi connectivity index (χ2n) is 8.81. The summed E-state index contributed by atoms with van der Waals surface area (Å²) in [5, 5.41) is 16.9. The average molecular weight is 538 g/mol. The summed E-state index contributed by atoms with van der Waals surface area (Å²) >= 11 is 7.39. The van der Waals surface area contributed by atoms with Crippen LogP contribution in [0.1, 0.15) is 30.0 Å². The van der Waals surface area contributed by atoms with Crippen LogP contribution >= 0.6 is 23.4 Å². The van der Waals surface area contributed by atoms with E-state index in [1.807, 2.05) is 54.6 Å². The van der Waals surface area contributed by atoms with Crippen LogP contribution in [-0.2, 0) is 4.74 Å². The molecule has 1 atom stereocenters. The lowest BCUT2D eigenvalue weighted by Gasteiger charge is -2.33. The third-order valence-electron chi connectivity index (χ3n) is 6.59. The zero-order chi connectivity index (χ0) is 25.1. The zero-order valence-electron chi connectivity index (χ0n) is 20.6. The smallest absolute Gasteiger partial charge is 0.277 e. The maximum absolute atomic E-state index is 13.6. The van der Waals surface area contributed by atoms with Gasteiger partial charge in [-0.05, 0) is 48.2 Å².